The number of nitrogens with one attached hydrogen (secondary N) is 3. The van der Waals surface area contributed by atoms with E-state index in [4.69, 9.17) is 0 Å². The molecule has 7 heteroatoms. The number of rotatable bonds is 4. The number of amides is 3. The molecule has 0 aromatic heterocycles. The fraction of sp³-hybridized carbons (Fsp3) is 0.875. The lowest BCUT2D eigenvalue weighted by Crippen LogP contribution is -2.52. The van der Waals surface area contributed by atoms with Crippen LogP contribution in [0.3, 0.4) is 0 Å². The lowest BCUT2D eigenvalue weighted by atomic mass is 9.86. The molecule has 2 fully saturated rings. The van der Waals surface area contributed by atoms with Gasteiger partial charge in [-0.15, -0.1) is 12.4 Å². The monoisotopic (exact) mass is 346 g/mol. The van der Waals surface area contributed by atoms with E-state index in [-0.39, 0.29) is 30.4 Å². The average Bonchev–Trinajstić information content (AvgIpc) is 2.49. The zero-order valence-corrected chi connectivity index (χ0v) is 15.1. The van der Waals surface area contributed by atoms with Crippen LogP contribution in [-0.4, -0.2) is 55.6 Å². The molecule has 3 amide bonds. The van der Waals surface area contributed by atoms with E-state index in [9.17, 15) is 9.59 Å². The van der Waals surface area contributed by atoms with Crippen LogP contribution in [0, 0.1) is 5.92 Å². The molecule has 1 heterocycles. The molecule has 0 spiro atoms. The molecule has 3 atom stereocenters. The van der Waals surface area contributed by atoms with Crippen LogP contribution >= 0.6 is 12.4 Å². The number of piperidine rings is 1. The van der Waals surface area contributed by atoms with Crippen LogP contribution in [0.1, 0.15) is 45.4 Å². The van der Waals surface area contributed by atoms with Gasteiger partial charge in [-0.3, -0.25) is 15.0 Å². The minimum Gasteiger partial charge on any atom is -0.335 e. The van der Waals surface area contributed by atoms with E-state index in [0.717, 1.165) is 45.2 Å². The van der Waals surface area contributed by atoms with Gasteiger partial charge in [0, 0.05) is 18.6 Å². The molecule has 134 valence electrons. The Morgan fingerprint density at radius 3 is 2.57 bits per heavy atom. The molecule has 2 rings (SSSR count). The fourth-order valence-corrected chi connectivity index (χ4v) is 3.54. The van der Waals surface area contributed by atoms with Gasteiger partial charge in [-0.1, -0.05) is 19.8 Å². The fourth-order valence-electron chi connectivity index (χ4n) is 3.54. The zero-order valence-electron chi connectivity index (χ0n) is 14.3. The summed E-state index contributed by atoms with van der Waals surface area (Å²) in [6.45, 7) is 4.25. The van der Waals surface area contributed by atoms with Gasteiger partial charge < -0.3 is 10.6 Å². The van der Waals surface area contributed by atoms with Gasteiger partial charge in [0.05, 0.1) is 6.54 Å². The van der Waals surface area contributed by atoms with E-state index >= 15 is 0 Å². The van der Waals surface area contributed by atoms with Crippen molar-refractivity contribution in [1.82, 2.24) is 20.9 Å². The van der Waals surface area contributed by atoms with Crippen LogP contribution in [0.25, 0.3) is 0 Å². The van der Waals surface area contributed by atoms with Crippen LogP contribution < -0.4 is 16.0 Å². The Morgan fingerprint density at radius 1 is 1.13 bits per heavy atom. The molecule has 0 aromatic rings. The number of hydrogen-bond donors (Lipinski definition) is 3. The minimum absolute atomic E-state index is 0. The highest BCUT2D eigenvalue weighted by atomic mass is 35.5. The highest BCUT2D eigenvalue weighted by molar-refractivity contribution is 5.95. The van der Waals surface area contributed by atoms with Gasteiger partial charge in [0.1, 0.15) is 0 Å². The Bertz CT molecular complexity index is 394. The standard InChI is InChI=1S/C16H30N4O2.ClH/c1-12-6-3-4-8-14(12)18-16(22)19-15(21)11-20-9-5-7-13(10-20)17-2;/h12-14,17H,3-11H2,1-2H3,(H2,18,19,21,22);1H. The zero-order chi connectivity index (χ0) is 15.9. The Kier molecular flexibility index (Phi) is 8.87. The van der Waals surface area contributed by atoms with Gasteiger partial charge in [0.25, 0.3) is 0 Å². The van der Waals surface area contributed by atoms with Crippen molar-refractivity contribution in [3.8, 4) is 0 Å². The van der Waals surface area contributed by atoms with Gasteiger partial charge in [-0.05, 0) is 45.2 Å². The number of imide groups is 1. The number of likely N-dealkylation sites (tertiary alicyclic amines) is 1. The Hall–Kier alpha value is -0.850. The number of carbonyl (C=O) groups excluding carboxylic acids is 2. The smallest absolute Gasteiger partial charge is 0.321 e. The Balaban J connectivity index is 0.00000264. The van der Waals surface area contributed by atoms with E-state index in [1.807, 2.05) is 7.05 Å². The van der Waals surface area contributed by atoms with Crippen molar-refractivity contribution < 1.29 is 9.59 Å². The molecular formula is C16H31ClN4O2. The summed E-state index contributed by atoms with van der Waals surface area (Å²) >= 11 is 0. The maximum atomic E-state index is 12.0. The third kappa shape index (κ3) is 6.65. The van der Waals surface area contributed by atoms with E-state index < -0.39 is 0 Å². The topological polar surface area (TPSA) is 73.5 Å². The normalized spacial score (nSPS) is 28.5. The number of nitrogens with zero attached hydrogens (tertiary/aromatic N) is 1. The first-order valence-electron chi connectivity index (χ1n) is 8.58. The van der Waals surface area contributed by atoms with E-state index in [1.54, 1.807) is 0 Å². The third-order valence-corrected chi connectivity index (χ3v) is 4.96. The summed E-state index contributed by atoms with van der Waals surface area (Å²) in [5.74, 6) is 0.283. The molecule has 23 heavy (non-hydrogen) atoms. The Labute approximate surface area is 145 Å². The molecule has 3 N–H and O–H groups in total. The summed E-state index contributed by atoms with van der Waals surface area (Å²) in [5, 5.41) is 8.69. The molecule has 1 saturated carbocycles. The highest BCUT2D eigenvalue weighted by Gasteiger charge is 2.24. The number of urea groups is 1. The van der Waals surface area contributed by atoms with E-state index in [1.165, 1.54) is 6.42 Å². The van der Waals surface area contributed by atoms with E-state index in [2.05, 4.69) is 27.8 Å². The molecule has 2 aliphatic rings. The van der Waals surface area contributed by atoms with E-state index in [0.29, 0.717) is 18.5 Å². The quantitative estimate of drug-likeness (QED) is 0.721. The first-order chi connectivity index (χ1) is 10.6. The second-order valence-corrected chi connectivity index (χ2v) is 6.75. The number of carbonyl (C=O) groups is 2. The van der Waals surface area contributed by atoms with Crippen molar-refractivity contribution in [3.63, 3.8) is 0 Å². The predicted octanol–water partition coefficient (Wildman–Crippen LogP) is 1.50. The Morgan fingerprint density at radius 2 is 1.87 bits per heavy atom. The number of likely N-dealkylation sites (N-methyl/N-ethyl adjacent to an activating group) is 1. The maximum Gasteiger partial charge on any atom is 0.321 e. The summed E-state index contributed by atoms with van der Waals surface area (Å²) in [5.41, 5.74) is 0. The van der Waals surface area contributed by atoms with Crippen LogP contribution in [0.4, 0.5) is 4.79 Å². The summed E-state index contributed by atoms with van der Waals surface area (Å²) < 4.78 is 0. The molecule has 1 aliphatic carbocycles. The summed E-state index contributed by atoms with van der Waals surface area (Å²) in [4.78, 5) is 26.1. The highest BCUT2D eigenvalue weighted by Crippen LogP contribution is 2.23. The maximum absolute atomic E-state index is 12.0. The van der Waals surface area contributed by atoms with Crippen molar-refractivity contribution in [2.45, 2.75) is 57.5 Å². The van der Waals surface area contributed by atoms with Crippen molar-refractivity contribution in [2.24, 2.45) is 5.92 Å². The minimum atomic E-state index is -0.342. The van der Waals surface area contributed by atoms with Crippen molar-refractivity contribution in [2.75, 3.05) is 26.7 Å². The van der Waals surface area contributed by atoms with Gasteiger partial charge in [0.2, 0.25) is 5.91 Å². The van der Waals surface area contributed by atoms with Crippen LogP contribution in [0.5, 0.6) is 0 Å². The second kappa shape index (κ2) is 10.1. The average molecular weight is 347 g/mol. The van der Waals surface area contributed by atoms with Crippen molar-refractivity contribution >= 4 is 24.3 Å². The summed E-state index contributed by atoms with van der Waals surface area (Å²) in [7, 11) is 1.95. The van der Waals surface area contributed by atoms with Gasteiger partial charge in [0.15, 0.2) is 0 Å². The van der Waals surface area contributed by atoms with Crippen molar-refractivity contribution in [1.29, 1.82) is 0 Å². The molecule has 6 nitrogen and oxygen atoms in total. The largest absolute Gasteiger partial charge is 0.335 e. The van der Waals surface area contributed by atoms with Crippen LogP contribution in [0.2, 0.25) is 0 Å². The van der Waals surface area contributed by atoms with Gasteiger partial charge >= 0.3 is 6.03 Å². The summed E-state index contributed by atoms with van der Waals surface area (Å²) in [6.07, 6.45) is 6.79. The third-order valence-electron chi connectivity index (χ3n) is 4.96. The first kappa shape index (κ1) is 20.2. The van der Waals surface area contributed by atoms with Gasteiger partial charge in [-0.2, -0.15) is 0 Å². The molecular weight excluding hydrogens is 316 g/mol. The van der Waals surface area contributed by atoms with Crippen molar-refractivity contribution in [3.05, 3.63) is 0 Å². The lowest BCUT2D eigenvalue weighted by molar-refractivity contribution is -0.121. The molecule has 1 aliphatic heterocycles. The number of halogens is 1. The molecule has 0 bridgehead atoms. The SMILES string of the molecule is CNC1CCCN(CC(=O)NC(=O)NC2CCCCC2C)C1.Cl. The molecule has 3 unspecified atom stereocenters. The summed E-state index contributed by atoms with van der Waals surface area (Å²) in [6, 6.07) is 0.301. The predicted molar refractivity (Wildman–Crippen MR) is 93.9 cm³/mol. The van der Waals surface area contributed by atoms with Crippen LogP contribution in [0.15, 0.2) is 0 Å². The van der Waals surface area contributed by atoms with Crippen LogP contribution in [-0.2, 0) is 4.79 Å². The molecule has 0 radical (unpaired) electrons. The lowest BCUT2D eigenvalue weighted by Gasteiger charge is -2.32. The second-order valence-electron chi connectivity index (χ2n) is 6.75. The van der Waals surface area contributed by atoms with Gasteiger partial charge in [-0.25, -0.2) is 4.79 Å². The number of hydrogen-bond acceptors (Lipinski definition) is 4. The first-order valence-corrected chi connectivity index (χ1v) is 8.58. The molecule has 1 saturated heterocycles. The molecule has 0 aromatic carbocycles.